The number of methoxy groups -OCH3 is 1. The van der Waals surface area contributed by atoms with Crippen molar-refractivity contribution in [1.82, 2.24) is 5.32 Å². The van der Waals surface area contributed by atoms with Gasteiger partial charge in [0.15, 0.2) is 0 Å². The summed E-state index contributed by atoms with van der Waals surface area (Å²) < 4.78 is 10.3. The van der Waals surface area contributed by atoms with Crippen LogP contribution in [0.15, 0.2) is 30.9 Å². The van der Waals surface area contributed by atoms with E-state index in [-0.39, 0.29) is 5.91 Å². The summed E-state index contributed by atoms with van der Waals surface area (Å²) in [6.07, 6.45) is 2.59. The van der Waals surface area contributed by atoms with E-state index in [0.29, 0.717) is 36.8 Å². The fraction of sp³-hybridized carbons (Fsp3) is 0.357. The van der Waals surface area contributed by atoms with Crippen molar-refractivity contribution >= 4 is 11.6 Å². The van der Waals surface area contributed by atoms with E-state index in [9.17, 15) is 4.79 Å². The Morgan fingerprint density at radius 1 is 1.47 bits per heavy atom. The molecule has 19 heavy (non-hydrogen) atoms. The van der Waals surface area contributed by atoms with Crippen LogP contribution in [-0.2, 0) is 4.74 Å². The van der Waals surface area contributed by atoms with E-state index in [1.165, 1.54) is 0 Å². The van der Waals surface area contributed by atoms with E-state index in [4.69, 9.17) is 15.2 Å². The van der Waals surface area contributed by atoms with Gasteiger partial charge in [-0.15, -0.1) is 6.58 Å². The first-order valence-corrected chi connectivity index (χ1v) is 6.09. The maximum Gasteiger partial charge on any atom is 0.253 e. The topological polar surface area (TPSA) is 73.6 Å². The molecule has 5 nitrogen and oxygen atoms in total. The van der Waals surface area contributed by atoms with Gasteiger partial charge < -0.3 is 20.5 Å². The van der Waals surface area contributed by atoms with Gasteiger partial charge in [0, 0.05) is 18.3 Å². The molecule has 1 aromatic carbocycles. The second-order valence-corrected chi connectivity index (χ2v) is 3.90. The fourth-order valence-corrected chi connectivity index (χ4v) is 1.48. The number of hydrogen-bond donors (Lipinski definition) is 2. The normalized spacial score (nSPS) is 9.95. The van der Waals surface area contributed by atoms with E-state index in [2.05, 4.69) is 11.9 Å². The van der Waals surface area contributed by atoms with Crippen LogP contribution < -0.4 is 15.8 Å². The summed E-state index contributed by atoms with van der Waals surface area (Å²) >= 11 is 0. The minimum atomic E-state index is -0.215. The van der Waals surface area contributed by atoms with Crippen molar-refractivity contribution in [2.24, 2.45) is 0 Å². The Labute approximate surface area is 113 Å². The maximum atomic E-state index is 11.9. The van der Waals surface area contributed by atoms with Crippen LogP contribution in [-0.4, -0.2) is 32.8 Å². The van der Waals surface area contributed by atoms with Crippen molar-refractivity contribution in [3.05, 3.63) is 36.4 Å². The smallest absolute Gasteiger partial charge is 0.253 e. The van der Waals surface area contributed by atoms with E-state index in [1.807, 2.05) is 0 Å². The van der Waals surface area contributed by atoms with E-state index in [0.717, 1.165) is 6.42 Å². The van der Waals surface area contributed by atoms with E-state index in [1.54, 1.807) is 31.4 Å². The number of amides is 1. The number of carbonyl (C=O) groups is 1. The highest BCUT2D eigenvalue weighted by Gasteiger charge is 2.09. The zero-order chi connectivity index (χ0) is 14.1. The van der Waals surface area contributed by atoms with Gasteiger partial charge in [-0.1, -0.05) is 6.08 Å². The molecule has 0 aliphatic heterocycles. The number of nitrogens with two attached hydrogens (primary N) is 1. The van der Waals surface area contributed by atoms with Crippen molar-refractivity contribution in [3.8, 4) is 5.75 Å². The van der Waals surface area contributed by atoms with Crippen LogP contribution in [0.3, 0.4) is 0 Å². The molecule has 0 aromatic heterocycles. The first kappa shape index (κ1) is 15.0. The molecule has 5 heteroatoms. The zero-order valence-electron chi connectivity index (χ0n) is 11.1. The van der Waals surface area contributed by atoms with Crippen molar-refractivity contribution in [1.29, 1.82) is 0 Å². The van der Waals surface area contributed by atoms with Crippen LogP contribution in [0.4, 0.5) is 5.69 Å². The maximum absolute atomic E-state index is 11.9. The van der Waals surface area contributed by atoms with Gasteiger partial charge in [-0.25, -0.2) is 0 Å². The van der Waals surface area contributed by atoms with Crippen LogP contribution in [0, 0.1) is 0 Å². The van der Waals surface area contributed by atoms with Crippen LogP contribution >= 0.6 is 0 Å². The molecule has 0 spiro atoms. The summed E-state index contributed by atoms with van der Waals surface area (Å²) in [4.78, 5) is 11.9. The van der Waals surface area contributed by atoms with Gasteiger partial charge in [-0.05, 0) is 18.6 Å². The SMILES string of the molecule is C=CCCOCCNC(=O)c1ccc(OC)cc1N. The van der Waals surface area contributed by atoms with Crippen molar-refractivity contribution in [3.63, 3.8) is 0 Å². The molecule has 0 saturated heterocycles. The Kier molecular flexibility index (Phi) is 6.46. The molecular weight excluding hydrogens is 244 g/mol. The summed E-state index contributed by atoms with van der Waals surface area (Å²) in [5, 5.41) is 2.74. The van der Waals surface area contributed by atoms with Crippen molar-refractivity contribution in [2.75, 3.05) is 32.6 Å². The molecule has 104 valence electrons. The van der Waals surface area contributed by atoms with Crippen LogP contribution in [0.1, 0.15) is 16.8 Å². The number of anilines is 1. The van der Waals surface area contributed by atoms with Gasteiger partial charge in [0.2, 0.25) is 0 Å². The molecule has 0 atom stereocenters. The molecule has 0 bridgehead atoms. The summed E-state index contributed by atoms with van der Waals surface area (Å²) in [6.45, 7) is 5.13. The summed E-state index contributed by atoms with van der Waals surface area (Å²) in [5.41, 5.74) is 6.61. The highest BCUT2D eigenvalue weighted by Crippen LogP contribution is 2.19. The highest BCUT2D eigenvalue weighted by molar-refractivity contribution is 5.99. The molecule has 0 unspecified atom stereocenters. The zero-order valence-corrected chi connectivity index (χ0v) is 11.1. The molecule has 1 rings (SSSR count). The molecule has 1 amide bonds. The Morgan fingerprint density at radius 3 is 2.89 bits per heavy atom. The molecule has 3 N–H and O–H groups in total. The Morgan fingerprint density at radius 2 is 2.26 bits per heavy atom. The van der Waals surface area contributed by atoms with Crippen LogP contribution in [0.5, 0.6) is 5.75 Å². The Hall–Kier alpha value is -2.01. The van der Waals surface area contributed by atoms with E-state index >= 15 is 0 Å². The van der Waals surface area contributed by atoms with E-state index < -0.39 is 0 Å². The third-order valence-electron chi connectivity index (χ3n) is 2.50. The lowest BCUT2D eigenvalue weighted by molar-refractivity contribution is 0.0918. The van der Waals surface area contributed by atoms with Gasteiger partial charge in [0.05, 0.1) is 25.9 Å². The number of hydrogen-bond acceptors (Lipinski definition) is 4. The molecule has 1 aromatic rings. The molecule has 0 aliphatic rings. The molecule has 0 fully saturated rings. The molecule has 0 heterocycles. The lowest BCUT2D eigenvalue weighted by atomic mass is 10.1. The molecular formula is C14H20N2O3. The van der Waals surface area contributed by atoms with Crippen molar-refractivity contribution in [2.45, 2.75) is 6.42 Å². The number of nitrogens with one attached hydrogen (secondary N) is 1. The van der Waals surface area contributed by atoms with Crippen LogP contribution in [0.2, 0.25) is 0 Å². The highest BCUT2D eigenvalue weighted by atomic mass is 16.5. The number of benzene rings is 1. The Balaban J connectivity index is 2.39. The fourth-order valence-electron chi connectivity index (χ4n) is 1.48. The summed E-state index contributed by atoms with van der Waals surface area (Å²) in [6, 6.07) is 4.96. The summed E-state index contributed by atoms with van der Waals surface area (Å²) in [5.74, 6) is 0.411. The number of rotatable bonds is 8. The molecule has 0 saturated carbocycles. The van der Waals surface area contributed by atoms with Gasteiger partial charge in [0.1, 0.15) is 5.75 Å². The molecule has 0 radical (unpaired) electrons. The predicted molar refractivity (Wildman–Crippen MR) is 75.4 cm³/mol. The Bertz CT molecular complexity index is 433. The number of carbonyl (C=O) groups excluding carboxylic acids is 1. The van der Waals surface area contributed by atoms with Gasteiger partial charge in [0.25, 0.3) is 5.91 Å². The van der Waals surface area contributed by atoms with Crippen LogP contribution in [0.25, 0.3) is 0 Å². The standard InChI is InChI=1S/C14H20N2O3/c1-3-4-8-19-9-7-16-14(17)12-6-5-11(18-2)10-13(12)15/h3,5-6,10H,1,4,7-9,15H2,2H3,(H,16,17). The second kappa shape index (κ2) is 8.16. The van der Waals surface area contributed by atoms with Gasteiger partial charge >= 0.3 is 0 Å². The minimum Gasteiger partial charge on any atom is -0.497 e. The summed E-state index contributed by atoms with van der Waals surface area (Å²) in [7, 11) is 1.55. The third kappa shape index (κ3) is 5.01. The van der Waals surface area contributed by atoms with Gasteiger partial charge in [-0.3, -0.25) is 4.79 Å². The lowest BCUT2D eigenvalue weighted by Gasteiger charge is -2.09. The quantitative estimate of drug-likeness (QED) is 0.425. The first-order chi connectivity index (χ1) is 9.19. The monoisotopic (exact) mass is 264 g/mol. The molecule has 0 aliphatic carbocycles. The largest absolute Gasteiger partial charge is 0.497 e. The van der Waals surface area contributed by atoms with Gasteiger partial charge in [-0.2, -0.15) is 0 Å². The number of nitrogen functional groups attached to an aromatic ring is 1. The lowest BCUT2D eigenvalue weighted by Crippen LogP contribution is -2.28. The minimum absolute atomic E-state index is 0.215. The first-order valence-electron chi connectivity index (χ1n) is 6.09. The second-order valence-electron chi connectivity index (χ2n) is 3.90. The number of ether oxygens (including phenoxy) is 2. The average Bonchev–Trinajstić information content (AvgIpc) is 2.42. The average molecular weight is 264 g/mol. The predicted octanol–water partition coefficient (Wildman–Crippen LogP) is 1.60. The van der Waals surface area contributed by atoms with Crippen molar-refractivity contribution < 1.29 is 14.3 Å². The third-order valence-corrected chi connectivity index (χ3v) is 2.50.